The highest BCUT2D eigenvalue weighted by molar-refractivity contribution is 7.89. The monoisotopic (exact) mass is 455 g/mol. The van der Waals surface area contributed by atoms with Crippen molar-refractivity contribution in [2.45, 2.75) is 24.8 Å². The van der Waals surface area contributed by atoms with Crippen LogP contribution in [0.3, 0.4) is 0 Å². The molecule has 1 saturated heterocycles. The molecule has 6 nitrogen and oxygen atoms in total. The van der Waals surface area contributed by atoms with Crippen molar-refractivity contribution < 1.29 is 23.2 Å². The molecule has 0 saturated carbocycles. The van der Waals surface area contributed by atoms with Gasteiger partial charge in [-0.25, -0.2) is 8.42 Å². The number of nitrogens with one attached hydrogen (secondary N) is 1. The Bertz CT molecular complexity index is 1190. The second kappa shape index (κ2) is 9.58. The van der Waals surface area contributed by atoms with Crippen LogP contribution in [0.4, 0.5) is 0 Å². The molecule has 170 valence electrons. The molecule has 1 atom stereocenters. The van der Waals surface area contributed by atoms with Crippen molar-refractivity contribution in [3.8, 4) is 5.75 Å². The smallest absolute Gasteiger partial charge is 0.243 e. The molecule has 0 aromatic heterocycles. The molecular formula is C25H31N2O4S+. The first kappa shape index (κ1) is 22.7. The molecule has 3 aromatic carbocycles. The molecule has 1 aliphatic heterocycles. The maximum absolute atomic E-state index is 13.0. The fraction of sp³-hybridized carbons (Fsp3) is 0.360. The normalized spacial score (nSPS) is 16.8. The van der Waals surface area contributed by atoms with Gasteiger partial charge in [-0.1, -0.05) is 48.0 Å². The van der Waals surface area contributed by atoms with E-state index in [4.69, 9.17) is 4.74 Å². The third-order valence-corrected chi connectivity index (χ3v) is 8.12. The minimum atomic E-state index is -3.49. The first-order valence-electron chi connectivity index (χ1n) is 11.0. The highest BCUT2D eigenvalue weighted by Gasteiger charge is 2.32. The Labute approximate surface area is 190 Å². The lowest BCUT2D eigenvalue weighted by Gasteiger charge is -2.32. The summed E-state index contributed by atoms with van der Waals surface area (Å²) in [5.74, 6) is 0.738. The van der Waals surface area contributed by atoms with Crippen LogP contribution in [0.2, 0.25) is 0 Å². The van der Waals surface area contributed by atoms with E-state index in [0.717, 1.165) is 27.6 Å². The lowest BCUT2D eigenvalue weighted by Crippen LogP contribution is -3.15. The van der Waals surface area contributed by atoms with Gasteiger partial charge in [0.05, 0.1) is 31.1 Å². The van der Waals surface area contributed by atoms with Crippen molar-refractivity contribution >= 4 is 20.8 Å². The van der Waals surface area contributed by atoms with Crippen LogP contribution in [0.1, 0.15) is 11.1 Å². The molecule has 0 radical (unpaired) electrons. The summed E-state index contributed by atoms with van der Waals surface area (Å²) >= 11 is 0. The first-order chi connectivity index (χ1) is 15.3. The molecule has 0 unspecified atom stereocenters. The van der Waals surface area contributed by atoms with Gasteiger partial charge in [-0.15, -0.1) is 0 Å². The average molecular weight is 456 g/mol. The van der Waals surface area contributed by atoms with Crippen molar-refractivity contribution in [2.75, 3.05) is 39.3 Å². The van der Waals surface area contributed by atoms with Crippen LogP contribution in [0.25, 0.3) is 10.8 Å². The number of benzene rings is 3. The van der Waals surface area contributed by atoms with E-state index in [2.05, 4.69) is 6.07 Å². The number of hydrogen-bond acceptors (Lipinski definition) is 4. The largest absolute Gasteiger partial charge is 0.491 e. The Hall–Kier alpha value is -2.45. The predicted molar refractivity (Wildman–Crippen MR) is 126 cm³/mol. The number of aliphatic hydroxyl groups is 1. The van der Waals surface area contributed by atoms with Crippen LogP contribution in [0, 0.1) is 13.8 Å². The number of rotatable bonds is 7. The van der Waals surface area contributed by atoms with Gasteiger partial charge < -0.3 is 14.7 Å². The summed E-state index contributed by atoms with van der Waals surface area (Å²) in [7, 11) is -3.49. The van der Waals surface area contributed by atoms with Crippen LogP contribution < -0.4 is 9.64 Å². The lowest BCUT2D eigenvalue weighted by atomic mass is 10.1. The number of ether oxygens (including phenoxy) is 1. The zero-order chi connectivity index (χ0) is 22.7. The number of fused-ring (bicyclic) bond motifs is 1. The van der Waals surface area contributed by atoms with Crippen molar-refractivity contribution in [1.82, 2.24) is 4.31 Å². The van der Waals surface area contributed by atoms with E-state index in [9.17, 15) is 13.5 Å². The summed E-state index contributed by atoms with van der Waals surface area (Å²) < 4.78 is 33.5. The summed E-state index contributed by atoms with van der Waals surface area (Å²) in [5.41, 5.74) is 1.83. The van der Waals surface area contributed by atoms with Gasteiger partial charge in [-0.2, -0.15) is 4.31 Å². The Morgan fingerprint density at radius 1 is 1.00 bits per heavy atom. The Morgan fingerprint density at radius 3 is 2.44 bits per heavy atom. The van der Waals surface area contributed by atoms with Crippen LogP contribution in [0.5, 0.6) is 5.75 Å². The van der Waals surface area contributed by atoms with E-state index in [1.807, 2.05) is 62.4 Å². The zero-order valence-corrected chi connectivity index (χ0v) is 19.4. The Balaban J connectivity index is 1.28. The quantitative estimate of drug-likeness (QED) is 0.570. The number of sulfonamides is 1. The van der Waals surface area contributed by atoms with Gasteiger partial charge in [0, 0.05) is 0 Å². The second-order valence-electron chi connectivity index (χ2n) is 8.60. The molecule has 3 aromatic rings. The molecule has 4 rings (SSSR count). The molecule has 0 aliphatic carbocycles. The van der Waals surface area contributed by atoms with Gasteiger partial charge >= 0.3 is 0 Å². The highest BCUT2D eigenvalue weighted by Crippen LogP contribution is 2.22. The zero-order valence-electron chi connectivity index (χ0n) is 18.6. The van der Waals surface area contributed by atoms with Gasteiger partial charge in [0.25, 0.3) is 0 Å². The number of piperazine rings is 1. The summed E-state index contributed by atoms with van der Waals surface area (Å²) in [6.45, 7) is 6.77. The fourth-order valence-electron chi connectivity index (χ4n) is 4.32. The molecule has 0 amide bonds. The van der Waals surface area contributed by atoms with Gasteiger partial charge in [0.15, 0.2) is 0 Å². The number of aryl methyl sites for hydroxylation is 2. The molecule has 32 heavy (non-hydrogen) atoms. The SMILES string of the molecule is Cc1ccc(S(=O)(=O)N2CC[NH+](C[C@@H](O)COc3ccc4ccccc4c3)CC2)c(C)c1. The minimum Gasteiger partial charge on any atom is -0.491 e. The average Bonchev–Trinajstić information content (AvgIpc) is 2.77. The number of nitrogens with zero attached hydrogens (tertiary/aromatic N) is 1. The van der Waals surface area contributed by atoms with Crippen LogP contribution in [0.15, 0.2) is 65.6 Å². The summed E-state index contributed by atoms with van der Waals surface area (Å²) in [6.07, 6.45) is -0.612. The van der Waals surface area contributed by atoms with Crippen molar-refractivity contribution in [1.29, 1.82) is 0 Å². The molecule has 1 heterocycles. The molecule has 0 spiro atoms. The van der Waals surface area contributed by atoms with Crippen LogP contribution >= 0.6 is 0 Å². The third-order valence-electron chi connectivity index (χ3n) is 6.07. The van der Waals surface area contributed by atoms with E-state index >= 15 is 0 Å². The molecule has 0 bridgehead atoms. The molecular weight excluding hydrogens is 424 g/mol. The van der Waals surface area contributed by atoms with Crippen molar-refractivity contribution in [3.05, 3.63) is 71.8 Å². The summed E-state index contributed by atoms with van der Waals surface area (Å²) in [4.78, 5) is 1.57. The number of aliphatic hydroxyl groups excluding tert-OH is 1. The molecule has 1 aliphatic rings. The van der Waals surface area contributed by atoms with Gasteiger partial charge in [0.2, 0.25) is 10.0 Å². The number of quaternary nitrogens is 1. The van der Waals surface area contributed by atoms with E-state index in [1.165, 1.54) is 4.90 Å². The lowest BCUT2D eigenvalue weighted by molar-refractivity contribution is -0.906. The Kier molecular flexibility index (Phi) is 6.81. The van der Waals surface area contributed by atoms with Gasteiger partial charge in [-0.05, 0) is 48.4 Å². The standard InChI is InChI=1S/C25H30N2O4S/c1-19-7-10-25(20(2)15-19)32(29,30)27-13-11-26(12-14-27)17-23(28)18-31-24-9-8-21-5-3-4-6-22(21)16-24/h3-10,15-16,23,28H,11-14,17-18H2,1-2H3/p+1/t23-/m1/s1. The maximum Gasteiger partial charge on any atom is 0.243 e. The van der Waals surface area contributed by atoms with Gasteiger partial charge in [-0.3, -0.25) is 0 Å². The fourth-order valence-corrected chi connectivity index (χ4v) is 5.96. The highest BCUT2D eigenvalue weighted by atomic mass is 32.2. The van der Waals surface area contributed by atoms with Crippen LogP contribution in [-0.2, 0) is 10.0 Å². The summed E-state index contributed by atoms with van der Waals surface area (Å²) in [5, 5.41) is 12.7. The maximum atomic E-state index is 13.0. The second-order valence-corrected chi connectivity index (χ2v) is 10.5. The third kappa shape index (κ3) is 5.13. The number of hydrogen-bond donors (Lipinski definition) is 2. The van der Waals surface area contributed by atoms with Crippen molar-refractivity contribution in [3.63, 3.8) is 0 Å². The Morgan fingerprint density at radius 2 is 1.72 bits per heavy atom. The van der Waals surface area contributed by atoms with Gasteiger partial charge in [0.1, 0.15) is 25.0 Å². The molecule has 7 heteroatoms. The van der Waals surface area contributed by atoms with Crippen LogP contribution in [-0.4, -0.2) is 63.3 Å². The van der Waals surface area contributed by atoms with Crippen molar-refractivity contribution in [2.24, 2.45) is 0 Å². The van der Waals surface area contributed by atoms with E-state index in [1.54, 1.807) is 10.4 Å². The molecule has 2 N–H and O–H groups in total. The topological polar surface area (TPSA) is 71.3 Å². The predicted octanol–water partition coefficient (Wildman–Crippen LogP) is 1.79. The first-order valence-corrected chi connectivity index (χ1v) is 12.5. The minimum absolute atomic E-state index is 0.215. The molecule has 1 fully saturated rings. The summed E-state index contributed by atoms with van der Waals surface area (Å²) in [6, 6.07) is 19.4. The van der Waals surface area contributed by atoms with E-state index < -0.39 is 16.1 Å². The van der Waals surface area contributed by atoms with E-state index in [-0.39, 0.29) is 6.61 Å². The van der Waals surface area contributed by atoms with E-state index in [0.29, 0.717) is 37.6 Å².